The lowest BCUT2D eigenvalue weighted by atomic mass is 10.0. The van der Waals surface area contributed by atoms with Crippen LogP contribution in [-0.2, 0) is 0 Å². The van der Waals surface area contributed by atoms with Crippen LogP contribution in [0.3, 0.4) is 0 Å². The van der Waals surface area contributed by atoms with Gasteiger partial charge in [-0.05, 0) is 19.3 Å². The maximum atomic E-state index is 11.6. The van der Waals surface area contributed by atoms with E-state index in [1.165, 1.54) is 0 Å². The van der Waals surface area contributed by atoms with Crippen molar-refractivity contribution in [1.82, 2.24) is 13.3 Å². The molecule has 0 bridgehead atoms. The number of amides is 2. The Morgan fingerprint density at radius 3 is 2.64 bits per heavy atom. The zero-order chi connectivity index (χ0) is 9.97. The van der Waals surface area contributed by atoms with Crippen molar-refractivity contribution in [2.24, 2.45) is 0 Å². The number of carbonyl (C=O) groups excluding carboxylic acids is 1. The first-order valence-corrected chi connectivity index (χ1v) is 6.19. The van der Waals surface area contributed by atoms with Crippen LogP contribution >= 0.6 is 22.9 Å². The van der Waals surface area contributed by atoms with Gasteiger partial charge >= 0.3 is 6.03 Å². The van der Waals surface area contributed by atoms with Crippen molar-refractivity contribution in [2.45, 2.75) is 25.3 Å². The lowest BCUT2D eigenvalue weighted by Gasteiger charge is -2.38. The van der Waals surface area contributed by atoms with Gasteiger partial charge in [0.15, 0.2) is 0 Å². The molecule has 14 heavy (non-hydrogen) atoms. The zero-order valence-corrected chi connectivity index (χ0v) is 10.4. The average molecular weight is 309 g/mol. The van der Waals surface area contributed by atoms with Gasteiger partial charge < -0.3 is 10.2 Å². The number of nitrogens with zero attached hydrogens (tertiary/aromatic N) is 2. The van der Waals surface area contributed by atoms with E-state index in [2.05, 4.69) is 31.3 Å². The van der Waals surface area contributed by atoms with Crippen molar-refractivity contribution in [3.05, 3.63) is 0 Å². The van der Waals surface area contributed by atoms with Crippen molar-refractivity contribution in [3.8, 4) is 0 Å². The summed E-state index contributed by atoms with van der Waals surface area (Å²) in [6, 6.07) is 0.615. The van der Waals surface area contributed by atoms with Gasteiger partial charge in [0.1, 0.15) is 0 Å². The number of halogens is 1. The number of piperidine rings is 1. The normalized spacial score (nSPS) is 26.4. The van der Waals surface area contributed by atoms with Crippen LogP contribution in [0.15, 0.2) is 0 Å². The zero-order valence-electron chi connectivity index (χ0n) is 8.21. The second-order valence-corrected chi connectivity index (χ2v) is 5.28. The summed E-state index contributed by atoms with van der Waals surface area (Å²) in [5, 5.41) is 2.91. The summed E-state index contributed by atoms with van der Waals surface area (Å²) >= 11 is 2.36. The predicted octanol–water partition coefficient (Wildman–Crippen LogP) is 1.22. The largest absolute Gasteiger partial charge is 0.338 e. The van der Waals surface area contributed by atoms with Crippen molar-refractivity contribution in [1.29, 1.82) is 0 Å². The molecule has 0 spiro atoms. The molecule has 5 heteroatoms. The minimum atomic E-state index is 0.142. The van der Waals surface area contributed by atoms with Gasteiger partial charge in [-0.3, -0.25) is 0 Å². The second-order valence-electron chi connectivity index (χ2n) is 3.92. The van der Waals surface area contributed by atoms with Crippen LogP contribution in [0.1, 0.15) is 19.3 Å². The highest BCUT2D eigenvalue weighted by atomic mass is 127. The molecule has 4 nitrogen and oxygen atoms in total. The minimum absolute atomic E-state index is 0.142. The van der Waals surface area contributed by atoms with Crippen LogP contribution in [0.25, 0.3) is 0 Å². The Morgan fingerprint density at radius 1 is 1.29 bits per heavy atom. The monoisotopic (exact) mass is 309 g/mol. The van der Waals surface area contributed by atoms with Gasteiger partial charge in [0.05, 0.1) is 0 Å². The van der Waals surface area contributed by atoms with E-state index in [4.69, 9.17) is 0 Å². The van der Waals surface area contributed by atoms with Crippen LogP contribution in [0.5, 0.6) is 0 Å². The highest BCUT2D eigenvalue weighted by Gasteiger charge is 2.28. The molecule has 2 aliphatic rings. The topological polar surface area (TPSA) is 35.6 Å². The van der Waals surface area contributed by atoms with E-state index in [1.807, 2.05) is 4.90 Å². The van der Waals surface area contributed by atoms with Crippen molar-refractivity contribution in [2.75, 3.05) is 26.2 Å². The summed E-state index contributed by atoms with van der Waals surface area (Å²) in [7, 11) is 0. The third-order valence-corrected chi connectivity index (χ3v) is 3.93. The Balaban J connectivity index is 1.90. The maximum Gasteiger partial charge on any atom is 0.317 e. The lowest BCUT2D eigenvalue weighted by Crippen LogP contribution is -2.53. The first kappa shape index (κ1) is 10.5. The molecular weight excluding hydrogens is 293 g/mol. The molecule has 2 fully saturated rings. The second kappa shape index (κ2) is 4.65. The molecule has 2 saturated heterocycles. The predicted molar refractivity (Wildman–Crippen MR) is 63.3 cm³/mol. The number of hydrogen-bond acceptors (Lipinski definition) is 2. The van der Waals surface area contributed by atoms with Crippen LogP contribution in [0.4, 0.5) is 4.79 Å². The smallest absolute Gasteiger partial charge is 0.317 e. The third-order valence-electron chi connectivity index (χ3n) is 2.96. The average Bonchev–Trinajstić information content (AvgIpc) is 2.20. The summed E-state index contributed by atoms with van der Waals surface area (Å²) < 4.78 is 2.30. The quantitative estimate of drug-likeness (QED) is 0.584. The van der Waals surface area contributed by atoms with E-state index >= 15 is 0 Å². The SMILES string of the molecule is O=C1NCCCN1C1CCN(I)CC1. The molecule has 1 N–H and O–H groups in total. The molecule has 0 unspecified atom stereocenters. The molecule has 0 aromatic rings. The number of rotatable bonds is 1. The molecule has 2 amide bonds. The Kier molecular flexibility index (Phi) is 3.48. The van der Waals surface area contributed by atoms with Gasteiger partial charge in [-0.1, -0.05) is 0 Å². The molecule has 2 aliphatic heterocycles. The van der Waals surface area contributed by atoms with Gasteiger partial charge in [0.25, 0.3) is 0 Å². The molecule has 0 radical (unpaired) electrons. The van der Waals surface area contributed by atoms with E-state index in [0.717, 1.165) is 45.4 Å². The summed E-state index contributed by atoms with van der Waals surface area (Å²) in [5.41, 5.74) is 0. The van der Waals surface area contributed by atoms with Gasteiger partial charge in [-0.2, -0.15) is 0 Å². The van der Waals surface area contributed by atoms with Crippen LogP contribution in [0, 0.1) is 0 Å². The lowest BCUT2D eigenvalue weighted by molar-refractivity contribution is 0.138. The van der Waals surface area contributed by atoms with E-state index in [9.17, 15) is 4.79 Å². The number of hydrogen-bond donors (Lipinski definition) is 1. The summed E-state index contributed by atoms with van der Waals surface area (Å²) in [6.45, 7) is 4.00. The third kappa shape index (κ3) is 2.31. The van der Waals surface area contributed by atoms with Crippen molar-refractivity contribution >= 4 is 28.9 Å². The van der Waals surface area contributed by atoms with Gasteiger partial charge in [0.2, 0.25) is 0 Å². The van der Waals surface area contributed by atoms with Crippen LogP contribution in [0.2, 0.25) is 0 Å². The van der Waals surface area contributed by atoms with Crippen molar-refractivity contribution < 1.29 is 4.79 Å². The highest BCUT2D eigenvalue weighted by Crippen LogP contribution is 2.20. The Bertz CT molecular complexity index is 216. The molecule has 0 aromatic carbocycles. The Labute approximate surface area is 98.5 Å². The van der Waals surface area contributed by atoms with Gasteiger partial charge in [-0.25, -0.2) is 7.91 Å². The Hall–Kier alpha value is -0.0400. The van der Waals surface area contributed by atoms with Gasteiger partial charge in [0, 0.05) is 55.1 Å². The molecule has 0 atom stereocenters. The van der Waals surface area contributed by atoms with E-state index in [1.54, 1.807) is 0 Å². The molecular formula is C9H16IN3O. The molecule has 2 heterocycles. The molecule has 2 rings (SSSR count). The van der Waals surface area contributed by atoms with Gasteiger partial charge in [-0.15, -0.1) is 0 Å². The first-order valence-electron chi connectivity index (χ1n) is 5.22. The molecule has 0 aliphatic carbocycles. The molecule has 80 valence electrons. The summed E-state index contributed by atoms with van der Waals surface area (Å²) in [5.74, 6) is 0. The van der Waals surface area contributed by atoms with Crippen LogP contribution in [-0.4, -0.2) is 46.3 Å². The first-order chi connectivity index (χ1) is 6.77. The van der Waals surface area contributed by atoms with Crippen LogP contribution < -0.4 is 5.32 Å². The van der Waals surface area contributed by atoms with Crippen molar-refractivity contribution in [3.63, 3.8) is 0 Å². The molecule has 0 saturated carbocycles. The number of carbonyl (C=O) groups is 1. The minimum Gasteiger partial charge on any atom is -0.338 e. The fourth-order valence-corrected chi connectivity index (χ4v) is 2.70. The standard InChI is InChI=1S/C9H16IN3O/c10-12-6-2-8(3-7-12)13-5-1-4-11-9(13)14/h8H,1-7H2,(H,11,14). The van der Waals surface area contributed by atoms with E-state index < -0.39 is 0 Å². The summed E-state index contributed by atoms with van der Waals surface area (Å²) in [4.78, 5) is 13.6. The Morgan fingerprint density at radius 2 is 2.00 bits per heavy atom. The fourth-order valence-electron chi connectivity index (χ4n) is 2.14. The molecule has 0 aromatic heterocycles. The maximum absolute atomic E-state index is 11.6. The summed E-state index contributed by atoms with van der Waals surface area (Å²) in [6.07, 6.45) is 3.34. The fraction of sp³-hybridized carbons (Fsp3) is 0.889. The number of nitrogens with one attached hydrogen (secondary N) is 1. The van der Waals surface area contributed by atoms with E-state index in [-0.39, 0.29) is 6.03 Å². The number of urea groups is 1. The highest BCUT2D eigenvalue weighted by molar-refractivity contribution is 14.1. The van der Waals surface area contributed by atoms with E-state index in [0.29, 0.717) is 6.04 Å².